The van der Waals surface area contributed by atoms with Crippen LogP contribution in [0.4, 0.5) is 11.4 Å². The Balaban J connectivity index is 1.49. The van der Waals surface area contributed by atoms with E-state index in [2.05, 4.69) is 72.8 Å². The van der Waals surface area contributed by atoms with Gasteiger partial charge in [0, 0.05) is 0 Å². The van der Waals surface area contributed by atoms with E-state index in [4.69, 9.17) is 9.98 Å². The van der Waals surface area contributed by atoms with E-state index in [1.54, 1.807) is 0 Å². The number of nitrogens with zero attached hydrogens (tertiary/aromatic N) is 2. The predicted octanol–water partition coefficient (Wildman–Crippen LogP) is 4.46. The Morgan fingerprint density at radius 2 is 0.800 bits per heavy atom. The molecular weight excluding hydrogens is 498 g/mol. The van der Waals surface area contributed by atoms with Crippen molar-refractivity contribution in [2.24, 2.45) is 9.98 Å². The second kappa shape index (κ2) is 10.9. The Kier molecular flexibility index (Phi) is 7.44. The third-order valence-electron chi connectivity index (χ3n) is 4.26. The molecule has 0 saturated carbocycles. The molecule has 2 nitrogen and oxygen atoms in total. The quantitative estimate of drug-likeness (QED) is 0.255. The van der Waals surface area contributed by atoms with Crippen molar-refractivity contribution in [1.82, 2.24) is 0 Å². The second-order valence-corrected chi connectivity index (χ2v) is 12.6. The van der Waals surface area contributed by atoms with Crippen molar-refractivity contribution < 1.29 is 0 Å². The van der Waals surface area contributed by atoms with Gasteiger partial charge in [0.1, 0.15) is 0 Å². The number of rotatable bonds is 7. The Bertz CT molecular complexity index is 1050. The Morgan fingerprint density at radius 3 is 1.23 bits per heavy atom. The first-order valence-electron chi connectivity index (χ1n) is 9.59. The fourth-order valence-corrected chi connectivity index (χ4v) is 9.56. The summed E-state index contributed by atoms with van der Waals surface area (Å²) in [6.45, 7) is 0. The van der Waals surface area contributed by atoms with Crippen LogP contribution in [0.2, 0.25) is 0 Å². The first-order chi connectivity index (χ1) is 14.9. The van der Waals surface area contributed by atoms with Crippen LogP contribution in [-0.2, 0) is 0 Å². The van der Waals surface area contributed by atoms with Gasteiger partial charge in [-0.05, 0) is 0 Å². The molecule has 0 spiro atoms. The van der Waals surface area contributed by atoms with E-state index in [0.717, 1.165) is 22.5 Å². The number of aliphatic imine (C=N–C) groups is 2. The van der Waals surface area contributed by atoms with Gasteiger partial charge in [-0.15, -0.1) is 0 Å². The molecule has 0 amide bonds. The van der Waals surface area contributed by atoms with Crippen LogP contribution in [0, 0.1) is 0 Å². The maximum atomic E-state index is 4.76. The fourth-order valence-electron chi connectivity index (χ4n) is 2.72. The molecule has 0 heterocycles. The zero-order valence-corrected chi connectivity index (χ0v) is 19.7. The average molecular weight is 518 g/mol. The minimum absolute atomic E-state index is 0.329. The SMILES string of the molecule is C(=Nc1ccccc1[Se][Se]c1ccccc1N=Cc1ccccc1)c1ccccc1. The number of para-hydroxylation sites is 2. The van der Waals surface area contributed by atoms with E-state index in [1.807, 2.05) is 48.8 Å². The summed E-state index contributed by atoms with van der Waals surface area (Å²) in [5.74, 6) is 0. The average Bonchev–Trinajstić information content (AvgIpc) is 2.82. The van der Waals surface area contributed by atoms with Crippen molar-refractivity contribution in [2.45, 2.75) is 0 Å². The Labute approximate surface area is 188 Å². The zero-order chi connectivity index (χ0) is 20.4. The van der Waals surface area contributed by atoms with Crippen LogP contribution < -0.4 is 8.92 Å². The maximum absolute atomic E-state index is 4.76. The monoisotopic (exact) mass is 520 g/mol. The van der Waals surface area contributed by atoms with Crippen molar-refractivity contribution in [1.29, 1.82) is 0 Å². The molecule has 4 heteroatoms. The van der Waals surface area contributed by atoms with Crippen molar-refractivity contribution >= 4 is 59.0 Å². The molecule has 4 aromatic rings. The number of benzene rings is 4. The summed E-state index contributed by atoms with van der Waals surface area (Å²) in [4.78, 5) is 9.52. The molecule has 0 aromatic heterocycles. The van der Waals surface area contributed by atoms with Crippen molar-refractivity contribution in [3.8, 4) is 0 Å². The number of hydrogen-bond acceptors (Lipinski definition) is 2. The molecule has 30 heavy (non-hydrogen) atoms. The van der Waals surface area contributed by atoms with E-state index in [1.165, 1.54) is 8.92 Å². The summed E-state index contributed by atoms with van der Waals surface area (Å²) in [6.07, 6.45) is 3.89. The van der Waals surface area contributed by atoms with E-state index >= 15 is 0 Å². The molecule has 0 saturated heterocycles. The van der Waals surface area contributed by atoms with Crippen molar-refractivity contribution in [2.75, 3.05) is 0 Å². The Morgan fingerprint density at radius 1 is 0.433 bits per heavy atom. The molecule has 4 rings (SSSR count). The molecule has 0 N–H and O–H groups in total. The van der Waals surface area contributed by atoms with Gasteiger partial charge < -0.3 is 0 Å². The molecule has 0 aliphatic heterocycles. The molecular formula is C26H20N2Se2. The topological polar surface area (TPSA) is 24.7 Å². The van der Waals surface area contributed by atoms with Gasteiger partial charge in [0.25, 0.3) is 0 Å². The molecule has 0 atom stereocenters. The van der Waals surface area contributed by atoms with Crippen LogP contribution in [0.25, 0.3) is 0 Å². The third kappa shape index (κ3) is 5.88. The summed E-state index contributed by atoms with van der Waals surface area (Å²) in [5, 5.41) is 0. The van der Waals surface area contributed by atoms with Gasteiger partial charge >= 0.3 is 189 Å². The van der Waals surface area contributed by atoms with Gasteiger partial charge in [-0.1, -0.05) is 0 Å². The van der Waals surface area contributed by atoms with E-state index in [9.17, 15) is 0 Å². The Hall–Kier alpha value is -2.74. The molecule has 146 valence electrons. The van der Waals surface area contributed by atoms with Gasteiger partial charge in [0.05, 0.1) is 0 Å². The summed E-state index contributed by atoms with van der Waals surface area (Å²) in [6, 6.07) is 37.4. The normalized spacial score (nSPS) is 11.3. The van der Waals surface area contributed by atoms with Crippen LogP contribution in [0.1, 0.15) is 11.1 Å². The van der Waals surface area contributed by atoms with Crippen LogP contribution in [0.15, 0.2) is 119 Å². The van der Waals surface area contributed by atoms with Crippen LogP contribution in [-0.4, -0.2) is 38.7 Å². The molecule has 0 unspecified atom stereocenters. The van der Waals surface area contributed by atoms with Crippen LogP contribution >= 0.6 is 0 Å². The standard InChI is InChI=1S/C26H20N2Se2/c1-3-11-21(12-4-1)19-27-23-15-7-9-17-25(23)29-30-26-18-10-8-16-24(26)28-20-22-13-5-2-6-14-22/h1-20H. The molecule has 0 radical (unpaired) electrons. The van der Waals surface area contributed by atoms with Gasteiger partial charge in [0.15, 0.2) is 0 Å². The second-order valence-electron chi connectivity index (χ2n) is 6.44. The molecule has 0 bridgehead atoms. The first kappa shape index (κ1) is 20.5. The molecule has 0 aliphatic rings. The molecule has 4 aromatic carbocycles. The molecule has 0 aliphatic carbocycles. The van der Waals surface area contributed by atoms with Crippen LogP contribution in [0.3, 0.4) is 0 Å². The number of hydrogen-bond donors (Lipinski definition) is 0. The van der Waals surface area contributed by atoms with E-state index in [0.29, 0.717) is 26.3 Å². The summed E-state index contributed by atoms with van der Waals surface area (Å²) in [5.41, 5.74) is 4.36. The van der Waals surface area contributed by atoms with Crippen LogP contribution in [0.5, 0.6) is 0 Å². The van der Waals surface area contributed by atoms with Crippen molar-refractivity contribution in [3.63, 3.8) is 0 Å². The predicted molar refractivity (Wildman–Crippen MR) is 131 cm³/mol. The minimum atomic E-state index is 0.329. The third-order valence-corrected chi connectivity index (χ3v) is 11.5. The summed E-state index contributed by atoms with van der Waals surface area (Å²) in [7, 11) is 0. The van der Waals surface area contributed by atoms with E-state index in [-0.39, 0.29) is 0 Å². The molecule has 0 fully saturated rings. The fraction of sp³-hybridized carbons (Fsp3) is 0. The van der Waals surface area contributed by atoms with Gasteiger partial charge in [-0.25, -0.2) is 0 Å². The van der Waals surface area contributed by atoms with E-state index < -0.39 is 0 Å². The zero-order valence-electron chi connectivity index (χ0n) is 16.3. The van der Waals surface area contributed by atoms with Crippen molar-refractivity contribution in [3.05, 3.63) is 120 Å². The van der Waals surface area contributed by atoms with Gasteiger partial charge in [0.2, 0.25) is 0 Å². The first-order valence-corrected chi connectivity index (χ1v) is 15.6. The van der Waals surface area contributed by atoms with Gasteiger partial charge in [-0.2, -0.15) is 0 Å². The van der Waals surface area contributed by atoms with Gasteiger partial charge in [-0.3, -0.25) is 0 Å². The summed E-state index contributed by atoms with van der Waals surface area (Å²) >= 11 is 0.659. The summed E-state index contributed by atoms with van der Waals surface area (Å²) < 4.78 is 2.66.